The monoisotopic (exact) mass is 401 g/mol. The third-order valence-electron chi connectivity index (χ3n) is 4.14. The topological polar surface area (TPSA) is 12.0 Å². The van der Waals surface area contributed by atoms with Crippen molar-refractivity contribution in [2.24, 2.45) is 0 Å². The van der Waals surface area contributed by atoms with Crippen LogP contribution in [0.1, 0.15) is 82.4 Å². The second-order valence-electron chi connectivity index (χ2n) is 6.00. The fourth-order valence-corrected chi connectivity index (χ4v) is 3.59. The molecule has 0 fully saturated rings. The molecule has 0 spiro atoms. The predicted octanol–water partition coefficient (Wildman–Crippen LogP) is 6.39. The zero-order chi connectivity index (χ0) is 15.5. The van der Waals surface area contributed by atoms with E-state index in [1.165, 1.54) is 66.1 Å². The Labute approximate surface area is 145 Å². The molecular weight excluding hydrogens is 369 g/mol. The smallest absolute Gasteiger partial charge is 0.0330 e. The van der Waals surface area contributed by atoms with E-state index in [1.807, 2.05) is 0 Å². The van der Waals surface area contributed by atoms with Crippen LogP contribution in [0, 0.1) is 10.5 Å². The molecule has 0 aliphatic carbocycles. The highest BCUT2D eigenvalue weighted by molar-refractivity contribution is 14.1. The van der Waals surface area contributed by atoms with Crippen LogP contribution in [0.4, 0.5) is 0 Å². The Morgan fingerprint density at radius 1 is 1.00 bits per heavy atom. The lowest BCUT2D eigenvalue weighted by Crippen LogP contribution is -2.22. The number of rotatable bonds is 11. The van der Waals surface area contributed by atoms with Crippen molar-refractivity contribution in [1.29, 1.82) is 0 Å². The minimum absolute atomic E-state index is 0.525. The predicted molar refractivity (Wildman–Crippen MR) is 103 cm³/mol. The van der Waals surface area contributed by atoms with Crippen LogP contribution in [0.25, 0.3) is 0 Å². The minimum Gasteiger partial charge on any atom is -0.310 e. The van der Waals surface area contributed by atoms with Gasteiger partial charge in [0.1, 0.15) is 0 Å². The second-order valence-corrected chi connectivity index (χ2v) is 7.08. The summed E-state index contributed by atoms with van der Waals surface area (Å²) in [5.74, 6) is 0. The van der Waals surface area contributed by atoms with Crippen LogP contribution >= 0.6 is 22.6 Å². The second kappa shape index (κ2) is 11.5. The molecule has 1 unspecified atom stereocenters. The lowest BCUT2D eigenvalue weighted by molar-refractivity contribution is 0.474. The van der Waals surface area contributed by atoms with E-state index in [2.05, 4.69) is 66.9 Å². The molecule has 0 saturated carbocycles. The van der Waals surface area contributed by atoms with Gasteiger partial charge in [0.15, 0.2) is 0 Å². The van der Waals surface area contributed by atoms with Gasteiger partial charge in [-0.15, -0.1) is 0 Å². The molecule has 0 aliphatic rings. The van der Waals surface area contributed by atoms with Gasteiger partial charge in [0.05, 0.1) is 0 Å². The average molecular weight is 401 g/mol. The highest BCUT2D eigenvalue weighted by atomic mass is 127. The zero-order valence-electron chi connectivity index (χ0n) is 14.1. The summed E-state index contributed by atoms with van der Waals surface area (Å²) in [7, 11) is 0. The molecule has 1 N–H and O–H groups in total. The Hall–Kier alpha value is -0.0900. The van der Waals surface area contributed by atoms with Crippen LogP contribution in [0.2, 0.25) is 0 Å². The van der Waals surface area contributed by atoms with Gasteiger partial charge in [-0.2, -0.15) is 0 Å². The van der Waals surface area contributed by atoms with Crippen LogP contribution in [0.15, 0.2) is 18.2 Å². The van der Waals surface area contributed by atoms with Crippen molar-refractivity contribution in [2.75, 3.05) is 6.54 Å². The van der Waals surface area contributed by atoms with Crippen molar-refractivity contribution in [3.05, 3.63) is 32.9 Å². The Bertz CT molecular complexity index is 389. The highest BCUT2D eigenvalue weighted by Gasteiger charge is 2.13. The van der Waals surface area contributed by atoms with E-state index >= 15 is 0 Å². The maximum atomic E-state index is 3.67. The summed E-state index contributed by atoms with van der Waals surface area (Å²) < 4.78 is 1.43. The average Bonchev–Trinajstić information content (AvgIpc) is 2.48. The van der Waals surface area contributed by atoms with E-state index in [-0.39, 0.29) is 0 Å². The van der Waals surface area contributed by atoms with Crippen LogP contribution in [0.3, 0.4) is 0 Å². The lowest BCUT2D eigenvalue weighted by atomic mass is 9.98. The lowest BCUT2D eigenvalue weighted by Gasteiger charge is -2.20. The summed E-state index contributed by atoms with van der Waals surface area (Å²) >= 11 is 2.50. The molecule has 1 aromatic carbocycles. The first-order valence-electron chi connectivity index (χ1n) is 8.69. The summed E-state index contributed by atoms with van der Waals surface area (Å²) in [5, 5.41) is 3.67. The number of aryl methyl sites for hydroxylation is 1. The molecule has 1 aromatic rings. The van der Waals surface area contributed by atoms with Gasteiger partial charge in [0, 0.05) is 9.61 Å². The number of benzene rings is 1. The van der Waals surface area contributed by atoms with Crippen molar-refractivity contribution >= 4 is 22.6 Å². The molecule has 0 radical (unpaired) electrons. The number of halogens is 1. The molecular formula is C19H32IN. The Morgan fingerprint density at radius 3 is 2.33 bits per heavy atom. The molecule has 1 nitrogen and oxygen atoms in total. The first-order chi connectivity index (χ1) is 10.2. The summed E-state index contributed by atoms with van der Waals surface area (Å²) in [6.45, 7) is 7.75. The minimum atomic E-state index is 0.525. The molecule has 0 aromatic heterocycles. The Balaban J connectivity index is 2.41. The fourth-order valence-electron chi connectivity index (χ4n) is 2.86. The first kappa shape index (κ1) is 19.0. The molecule has 120 valence electrons. The normalized spacial score (nSPS) is 12.6. The Kier molecular flexibility index (Phi) is 10.4. The number of hydrogen-bond acceptors (Lipinski definition) is 1. The zero-order valence-corrected chi connectivity index (χ0v) is 16.2. The third kappa shape index (κ3) is 7.14. The van der Waals surface area contributed by atoms with Crippen molar-refractivity contribution in [3.63, 3.8) is 0 Å². The summed E-state index contributed by atoms with van der Waals surface area (Å²) in [5.41, 5.74) is 2.89. The van der Waals surface area contributed by atoms with E-state index < -0.39 is 0 Å². The third-order valence-corrected chi connectivity index (χ3v) is 5.62. The standard InChI is InChI=1S/C19H32IN/c1-4-6-7-8-9-10-11-15-18(21-5-2)17-14-12-13-16(3)19(17)20/h12-14,18,21H,4-11,15H2,1-3H3. The molecule has 1 atom stereocenters. The molecule has 0 bridgehead atoms. The van der Waals surface area contributed by atoms with E-state index in [1.54, 1.807) is 0 Å². The number of hydrogen-bond donors (Lipinski definition) is 1. The summed E-state index contributed by atoms with van der Waals surface area (Å²) in [6, 6.07) is 7.23. The molecule has 1 rings (SSSR count). The summed E-state index contributed by atoms with van der Waals surface area (Å²) in [6.07, 6.45) is 11.0. The van der Waals surface area contributed by atoms with Gasteiger partial charge < -0.3 is 5.32 Å². The molecule has 0 amide bonds. The number of nitrogens with one attached hydrogen (secondary N) is 1. The molecule has 0 aliphatic heterocycles. The van der Waals surface area contributed by atoms with E-state index in [4.69, 9.17) is 0 Å². The van der Waals surface area contributed by atoms with Crippen molar-refractivity contribution < 1.29 is 0 Å². The summed E-state index contributed by atoms with van der Waals surface area (Å²) in [4.78, 5) is 0. The van der Waals surface area contributed by atoms with Crippen LogP contribution < -0.4 is 5.32 Å². The molecule has 0 heterocycles. The van der Waals surface area contributed by atoms with Crippen molar-refractivity contribution in [1.82, 2.24) is 5.32 Å². The van der Waals surface area contributed by atoms with E-state index in [0.29, 0.717) is 6.04 Å². The van der Waals surface area contributed by atoms with Crippen LogP contribution in [0.5, 0.6) is 0 Å². The molecule has 21 heavy (non-hydrogen) atoms. The quantitative estimate of drug-likeness (QED) is 0.335. The van der Waals surface area contributed by atoms with Crippen molar-refractivity contribution in [2.45, 2.75) is 78.2 Å². The SMILES string of the molecule is CCCCCCCCCC(NCC)c1cccc(C)c1I. The van der Waals surface area contributed by atoms with E-state index in [0.717, 1.165) is 6.54 Å². The van der Waals surface area contributed by atoms with Gasteiger partial charge in [-0.1, -0.05) is 77.0 Å². The number of unbranched alkanes of at least 4 members (excludes halogenated alkanes) is 6. The van der Waals surface area contributed by atoms with Crippen molar-refractivity contribution in [3.8, 4) is 0 Å². The Morgan fingerprint density at radius 2 is 1.67 bits per heavy atom. The first-order valence-corrected chi connectivity index (χ1v) is 9.77. The van der Waals surface area contributed by atoms with Gasteiger partial charge in [0.25, 0.3) is 0 Å². The van der Waals surface area contributed by atoms with Gasteiger partial charge in [0.2, 0.25) is 0 Å². The highest BCUT2D eigenvalue weighted by Crippen LogP contribution is 2.27. The van der Waals surface area contributed by atoms with Gasteiger partial charge in [-0.3, -0.25) is 0 Å². The van der Waals surface area contributed by atoms with Gasteiger partial charge in [-0.05, 0) is 53.6 Å². The maximum absolute atomic E-state index is 3.67. The van der Waals surface area contributed by atoms with Crippen LogP contribution in [-0.4, -0.2) is 6.54 Å². The van der Waals surface area contributed by atoms with Gasteiger partial charge >= 0.3 is 0 Å². The fraction of sp³-hybridized carbons (Fsp3) is 0.684. The van der Waals surface area contributed by atoms with E-state index in [9.17, 15) is 0 Å². The van der Waals surface area contributed by atoms with Gasteiger partial charge in [-0.25, -0.2) is 0 Å². The molecule has 2 heteroatoms. The largest absolute Gasteiger partial charge is 0.310 e. The maximum Gasteiger partial charge on any atom is 0.0330 e. The molecule has 0 saturated heterocycles. The van der Waals surface area contributed by atoms with Crippen LogP contribution in [-0.2, 0) is 0 Å².